The van der Waals surface area contributed by atoms with Gasteiger partial charge in [-0.3, -0.25) is 0 Å². The largest absolute Gasteiger partial charge is 0.379 e. The van der Waals surface area contributed by atoms with Crippen molar-refractivity contribution in [2.75, 3.05) is 5.32 Å². The fourth-order valence-corrected chi connectivity index (χ4v) is 2.37. The normalized spacial score (nSPS) is 14.5. The van der Waals surface area contributed by atoms with Crippen LogP contribution in [0.2, 0.25) is 0 Å². The molecular weight excluding hydrogens is 278 g/mol. The van der Waals surface area contributed by atoms with Gasteiger partial charge in [-0.15, -0.1) is 0 Å². The summed E-state index contributed by atoms with van der Waals surface area (Å²) in [5.41, 5.74) is 5.65. The van der Waals surface area contributed by atoms with Crippen molar-refractivity contribution in [2.45, 2.75) is 47.1 Å². The second-order valence-electron chi connectivity index (χ2n) is 5.64. The number of allylic oxidation sites excluding steroid dienone is 4. The van der Waals surface area contributed by atoms with Gasteiger partial charge in [0.15, 0.2) is 0 Å². The van der Waals surface area contributed by atoms with Gasteiger partial charge in [0, 0.05) is 16.8 Å². The molecule has 0 spiro atoms. The molecule has 0 heterocycles. The lowest BCUT2D eigenvalue weighted by molar-refractivity contribution is 0.787. The molecule has 0 aliphatic heterocycles. The summed E-state index contributed by atoms with van der Waals surface area (Å²) in [5, 5.41) is 4.34. The zero-order chi connectivity index (χ0) is 16.0. The van der Waals surface area contributed by atoms with Crippen LogP contribution in [0.3, 0.4) is 0 Å². The Balaban J connectivity index is 2.94. The predicted molar refractivity (Wildman–Crippen MR) is 96.0 cm³/mol. The quantitative estimate of drug-likeness (QED) is 0.615. The fraction of sp³-hybridized carbons (Fsp3) is 0.368. The lowest BCUT2D eigenvalue weighted by Crippen LogP contribution is -2.20. The molecule has 1 atom stereocenters. The van der Waals surface area contributed by atoms with E-state index in [-0.39, 0.29) is 0 Å². The molecule has 0 aliphatic carbocycles. The highest BCUT2D eigenvalue weighted by Gasteiger charge is 2.09. The zero-order valence-electron chi connectivity index (χ0n) is 13.8. The van der Waals surface area contributed by atoms with Crippen LogP contribution in [0.1, 0.15) is 39.7 Å². The van der Waals surface area contributed by atoms with Crippen LogP contribution in [0.25, 0.3) is 0 Å². The van der Waals surface area contributed by atoms with Crippen molar-refractivity contribution in [3.8, 4) is 0 Å². The smallest absolute Gasteiger partial charge is 0.0471 e. The SMILES string of the molecule is C=C(C)/C(Cl)=C(C)\C=C(/C)[C@@H](CC)Nc1cccc(C)c1. The second kappa shape index (κ2) is 8.09. The van der Waals surface area contributed by atoms with Crippen molar-refractivity contribution in [2.24, 2.45) is 0 Å². The fourth-order valence-electron chi connectivity index (χ4n) is 2.32. The molecule has 1 nitrogen and oxygen atoms in total. The van der Waals surface area contributed by atoms with E-state index in [1.807, 2.05) is 13.8 Å². The van der Waals surface area contributed by atoms with E-state index in [9.17, 15) is 0 Å². The van der Waals surface area contributed by atoms with E-state index in [1.54, 1.807) is 0 Å². The first-order chi connectivity index (χ1) is 9.85. The van der Waals surface area contributed by atoms with E-state index in [2.05, 4.69) is 63.0 Å². The highest BCUT2D eigenvalue weighted by Crippen LogP contribution is 2.22. The molecule has 1 rings (SSSR count). The summed E-state index contributed by atoms with van der Waals surface area (Å²) in [4.78, 5) is 0. The van der Waals surface area contributed by atoms with E-state index >= 15 is 0 Å². The number of rotatable bonds is 6. The highest BCUT2D eigenvalue weighted by molar-refractivity contribution is 6.32. The molecule has 0 radical (unpaired) electrons. The molecule has 0 saturated carbocycles. The first-order valence-electron chi connectivity index (χ1n) is 7.38. The molecule has 0 bridgehead atoms. The number of nitrogens with one attached hydrogen (secondary N) is 1. The van der Waals surface area contributed by atoms with Crippen molar-refractivity contribution in [1.29, 1.82) is 0 Å². The van der Waals surface area contributed by atoms with Crippen LogP contribution in [0, 0.1) is 6.92 Å². The first-order valence-corrected chi connectivity index (χ1v) is 7.76. The van der Waals surface area contributed by atoms with Crippen LogP contribution in [-0.2, 0) is 0 Å². The Morgan fingerprint density at radius 1 is 1.33 bits per heavy atom. The van der Waals surface area contributed by atoms with Gasteiger partial charge in [0.1, 0.15) is 0 Å². The van der Waals surface area contributed by atoms with Gasteiger partial charge in [0.05, 0.1) is 0 Å². The van der Waals surface area contributed by atoms with Gasteiger partial charge in [-0.2, -0.15) is 0 Å². The Morgan fingerprint density at radius 3 is 2.52 bits per heavy atom. The molecule has 1 aromatic rings. The van der Waals surface area contributed by atoms with Gasteiger partial charge in [-0.1, -0.05) is 48.9 Å². The minimum absolute atomic E-state index is 0.302. The summed E-state index contributed by atoms with van der Waals surface area (Å²) in [7, 11) is 0. The average Bonchev–Trinajstić information content (AvgIpc) is 2.43. The number of anilines is 1. The van der Waals surface area contributed by atoms with Gasteiger partial charge < -0.3 is 5.32 Å². The molecule has 114 valence electrons. The van der Waals surface area contributed by atoms with Crippen molar-refractivity contribution >= 4 is 17.3 Å². The minimum atomic E-state index is 0.302. The van der Waals surface area contributed by atoms with Crippen molar-refractivity contribution in [3.63, 3.8) is 0 Å². The Hall–Kier alpha value is -1.47. The highest BCUT2D eigenvalue weighted by atomic mass is 35.5. The molecule has 0 aromatic heterocycles. The molecule has 0 amide bonds. The maximum Gasteiger partial charge on any atom is 0.0471 e. The summed E-state index contributed by atoms with van der Waals surface area (Å²) in [6, 6.07) is 8.75. The zero-order valence-corrected chi connectivity index (χ0v) is 14.5. The molecule has 0 fully saturated rings. The number of hydrogen-bond donors (Lipinski definition) is 1. The second-order valence-corrected chi connectivity index (χ2v) is 6.02. The van der Waals surface area contributed by atoms with E-state index in [0.29, 0.717) is 6.04 Å². The summed E-state index contributed by atoms with van der Waals surface area (Å²) < 4.78 is 0. The third kappa shape index (κ3) is 5.43. The maximum absolute atomic E-state index is 6.25. The van der Waals surface area contributed by atoms with Crippen molar-refractivity contribution in [3.05, 3.63) is 64.2 Å². The van der Waals surface area contributed by atoms with Crippen LogP contribution >= 0.6 is 11.6 Å². The maximum atomic E-state index is 6.25. The van der Waals surface area contributed by atoms with Gasteiger partial charge in [0.2, 0.25) is 0 Å². The van der Waals surface area contributed by atoms with Crippen LogP contribution in [0.4, 0.5) is 5.69 Å². The summed E-state index contributed by atoms with van der Waals surface area (Å²) >= 11 is 6.25. The summed E-state index contributed by atoms with van der Waals surface area (Å²) in [6.07, 6.45) is 3.17. The number of benzene rings is 1. The van der Waals surface area contributed by atoms with Crippen LogP contribution in [-0.4, -0.2) is 6.04 Å². The molecule has 2 heteroatoms. The van der Waals surface area contributed by atoms with Gasteiger partial charge in [-0.05, 0) is 63.0 Å². The Bertz CT molecular complexity index is 567. The molecule has 1 N–H and O–H groups in total. The van der Waals surface area contributed by atoms with Crippen molar-refractivity contribution in [1.82, 2.24) is 0 Å². The van der Waals surface area contributed by atoms with Crippen LogP contribution in [0.15, 0.2) is 58.7 Å². The van der Waals surface area contributed by atoms with E-state index in [4.69, 9.17) is 11.6 Å². The molecule has 0 unspecified atom stereocenters. The monoisotopic (exact) mass is 303 g/mol. The molecule has 21 heavy (non-hydrogen) atoms. The average molecular weight is 304 g/mol. The third-order valence-corrected chi connectivity index (χ3v) is 4.10. The number of hydrogen-bond acceptors (Lipinski definition) is 1. The molecule has 0 saturated heterocycles. The lowest BCUT2D eigenvalue weighted by atomic mass is 10.0. The summed E-state index contributed by atoms with van der Waals surface area (Å²) in [5.74, 6) is 0. The number of aryl methyl sites for hydroxylation is 1. The van der Waals surface area contributed by atoms with Crippen LogP contribution < -0.4 is 5.32 Å². The molecular formula is C19H26ClN. The Morgan fingerprint density at radius 2 is 2.00 bits per heavy atom. The summed E-state index contributed by atoms with van der Waals surface area (Å²) in [6.45, 7) is 14.3. The van der Waals surface area contributed by atoms with Gasteiger partial charge in [-0.25, -0.2) is 0 Å². The first kappa shape index (κ1) is 17.6. The van der Waals surface area contributed by atoms with Crippen LogP contribution in [0.5, 0.6) is 0 Å². The van der Waals surface area contributed by atoms with Crippen molar-refractivity contribution < 1.29 is 0 Å². The lowest BCUT2D eigenvalue weighted by Gasteiger charge is -2.20. The predicted octanol–water partition coefficient (Wildman–Crippen LogP) is 6.22. The minimum Gasteiger partial charge on any atom is -0.379 e. The van der Waals surface area contributed by atoms with E-state index < -0.39 is 0 Å². The molecule has 0 aliphatic rings. The Labute approximate surface area is 134 Å². The number of halogens is 1. The topological polar surface area (TPSA) is 12.0 Å². The molecule has 1 aromatic carbocycles. The third-order valence-electron chi connectivity index (χ3n) is 3.48. The van der Waals surface area contributed by atoms with E-state index in [0.717, 1.165) is 28.3 Å². The Kier molecular flexibility index (Phi) is 6.77. The standard InChI is InChI=1S/C19H26ClN/c1-7-18(21-17-10-8-9-14(4)11-17)15(5)12-16(6)19(20)13(2)3/h8-12,18,21H,2,7H2,1,3-6H3/b15-12+,19-16+/t18-/m1/s1. The van der Waals surface area contributed by atoms with Gasteiger partial charge >= 0.3 is 0 Å². The van der Waals surface area contributed by atoms with Gasteiger partial charge in [0.25, 0.3) is 0 Å². The van der Waals surface area contributed by atoms with E-state index in [1.165, 1.54) is 11.1 Å².